The van der Waals surface area contributed by atoms with Gasteiger partial charge in [-0.05, 0) is 30.9 Å². The lowest BCUT2D eigenvalue weighted by atomic mass is 10.0. The highest BCUT2D eigenvalue weighted by molar-refractivity contribution is 7.99. The van der Waals surface area contributed by atoms with E-state index in [1.807, 2.05) is 11.8 Å². The summed E-state index contributed by atoms with van der Waals surface area (Å²) in [5.41, 5.74) is 1.49. The van der Waals surface area contributed by atoms with Crippen LogP contribution >= 0.6 is 11.8 Å². The van der Waals surface area contributed by atoms with Gasteiger partial charge in [0.25, 0.3) is 0 Å². The van der Waals surface area contributed by atoms with Crippen molar-refractivity contribution in [3.05, 3.63) is 35.9 Å². The average molecular weight is 263 g/mol. The van der Waals surface area contributed by atoms with Gasteiger partial charge in [-0.3, -0.25) is 0 Å². The number of hydrogen-bond acceptors (Lipinski definition) is 3. The quantitative estimate of drug-likeness (QED) is 0.902. The van der Waals surface area contributed by atoms with E-state index in [4.69, 9.17) is 4.74 Å². The summed E-state index contributed by atoms with van der Waals surface area (Å²) in [6.45, 7) is 0.913. The number of benzene rings is 1. The van der Waals surface area contributed by atoms with Crippen LogP contribution in [0.1, 0.15) is 17.9 Å². The topological polar surface area (TPSA) is 21.3 Å². The summed E-state index contributed by atoms with van der Waals surface area (Å²) >= 11 is 2.02. The van der Waals surface area contributed by atoms with Gasteiger partial charge in [-0.15, -0.1) is 0 Å². The zero-order valence-corrected chi connectivity index (χ0v) is 11.7. The van der Waals surface area contributed by atoms with Crippen LogP contribution in [0.3, 0.4) is 0 Å². The summed E-state index contributed by atoms with van der Waals surface area (Å²) in [6.07, 6.45) is 1.70. The monoisotopic (exact) mass is 263 g/mol. The van der Waals surface area contributed by atoms with E-state index in [2.05, 4.69) is 42.7 Å². The highest BCUT2D eigenvalue weighted by Crippen LogP contribution is 2.50. The van der Waals surface area contributed by atoms with Crippen molar-refractivity contribution in [3.63, 3.8) is 0 Å². The Morgan fingerprint density at radius 1 is 1.33 bits per heavy atom. The van der Waals surface area contributed by atoms with Crippen molar-refractivity contribution in [1.82, 2.24) is 5.32 Å². The molecule has 0 aromatic heterocycles. The first-order chi connectivity index (χ1) is 8.90. The predicted octanol–water partition coefficient (Wildman–Crippen LogP) is 2.51. The fourth-order valence-electron chi connectivity index (χ4n) is 3.08. The Kier molecular flexibility index (Phi) is 3.92. The third-order valence-electron chi connectivity index (χ3n) is 4.10. The zero-order chi connectivity index (χ0) is 12.4. The molecule has 1 saturated heterocycles. The maximum atomic E-state index is 5.93. The smallest absolute Gasteiger partial charge is 0.0821 e. The van der Waals surface area contributed by atoms with Gasteiger partial charge in [0.1, 0.15) is 0 Å². The molecule has 0 amide bonds. The Labute approximate surface area is 113 Å². The van der Waals surface area contributed by atoms with Crippen molar-refractivity contribution in [2.24, 2.45) is 5.92 Å². The van der Waals surface area contributed by atoms with Gasteiger partial charge < -0.3 is 10.1 Å². The molecule has 2 aliphatic rings. The highest BCUT2D eigenvalue weighted by Gasteiger charge is 2.46. The first kappa shape index (κ1) is 12.5. The third kappa shape index (κ3) is 2.58. The van der Waals surface area contributed by atoms with Crippen molar-refractivity contribution in [2.45, 2.75) is 24.5 Å². The minimum atomic E-state index is 0.396. The molecule has 0 spiro atoms. The van der Waals surface area contributed by atoms with Crippen LogP contribution in [0.2, 0.25) is 0 Å². The second-order valence-electron chi connectivity index (χ2n) is 5.22. The molecule has 1 aliphatic carbocycles. The molecule has 1 aliphatic heterocycles. The molecule has 4 atom stereocenters. The van der Waals surface area contributed by atoms with Crippen LogP contribution in [-0.2, 0) is 4.74 Å². The number of rotatable bonds is 4. The number of ether oxygens (including phenoxy) is 1. The molecule has 2 fully saturated rings. The van der Waals surface area contributed by atoms with E-state index in [9.17, 15) is 0 Å². The number of likely N-dealkylation sites (N-methyl/N-ethyl adjacent to an activating group) is 1. The van der Waals surface area contributed by atoms with Crippen LogP contribution in [-0.4, -0.2) is 37.3 Å². The van der Waals surface area contributed by atoms with E-state index in [0.717, 1.165) is 29.9 Å². The first-order valence-electron chi connectivity index (χ1n) is 6.81. The summed E-state index contributed by atoms with van der Waals surface area (Å²) in [6, 6.07) is 11.4. The lowest BCUT2D eigenvalue weighted by Crippen LogP contribution is -2.45. The SMILES string of the molecule is CNC(C1CSCCO1)C1CC1c1ccccc1. The van der Waals surface area contributed by atoms with Gasteiger partial charge in [0.15, 0.2) is 0 Å². The third-order valence-corrected chi connectivity index (χ3v) is 5.12. The van der Waals surface area contributed by atoms with E-state index in [1.54, 1.807) is 0 Å². The summed E-state index contributed by atoms with van der Waals surface area (Å²) in [7, 11) is 2.08. The van der Waals surface area contributed by atoms with E-state index >= 15 is 0 Å². The standard InChI is InChI=1S/C15H21NOS/c1-16-15(14-10-18-8-7-17-14)13-9-12(13)11-5-3-2-4-6-11/h2-6,12-16H,7-10H2,1H3. The largest absolute Gasteiger partial charge is 0.375 e. The van der Waals surface area contributed by atoms with E-state index < -0.39 is 0 Å². The molecular formula is C15H21NOS. The summed E-state index contributed by atoms with van der Waals surface area (Å²) < 4.78 is 5.93. The highest BCUT2D eigenvalue weighted by atomic mass is 32.2. The van der Waals surface area contributed by atoms with Crippen LogP contribution in [0.25, 0.3) is 0 Å². The molecule has 2 nitrogen and oxygen atoms in total. The van der Waals surface area contributed by atoms with Crippen molar-refractivity contribution in [1.29, 1.82) is 0 Å². The lowest BCUT2D eigenvalue weighted by Gasteiger charge is -2.30. The average Bonchev–Trinajstić information content (AvgIpc) is 3.22. The van der Waals surface area contributed by atoms with E-state index in [-0.39, 0.29) is 0 Å². The molecule has 0 bridgehead atoms. The fourth-order valence-corrected chi connectivity index (χ4v) is 4.00. The minimum absolute atomic E-state index is 0.396. The van der Waals surface area contributed by atoms with Crippen molar-refractivity contribution < 1.29 is 4.74 Å². The van der Waals surface area contributed by atoms with Crippen molar-refractivity contribution >= 4 is 11.8 Å². The van der Waals surface area contributed by atoms with E-state index in [1.165, 1.54) is 12.0 Å². The molecule has 4 unspecified atom stereocenters. The zero-order valence-electron chi connectivity index (χ0n) is 10.8. The lowest BCUT2D eigenvalue weighted by molar-refractivity contribution is 0.0427. The minimum Gasteiger partial charge on any atom is -0.375 e. The predicted molar refractivity (Wildman–Crippen MR) is 77.2 cm³/mol. The second-order valence-corrected chi connectivity index (χ2v) is 6.37. The molecule has 3 heteroatoms. The van der Waals surface area contributed by atoms with Gasteiger partial charge in [-0.25, -0.2) is 0 Å². The maximum absolute atomic E-state index is 5.93. The molecule has 1 aromatic rings. The molecule has 1 N–H and O–H groups in total. The Morgan fingerprint density at radius 3 is 2.83 bits per heavy atom. The second kappa shape index (κ2) is 5.64. The van der Waals surface area contributed by atoms with Crippen LogP contribution in [0.15, 0.2) is 30.3 Å². The van der Waals surface area contributed by atoms with Gasteiger partial charge in [0, 0.05) is 17.5 Å². The van der Waals surface area contributed by atoms with Crippen molar-refractivity contribution in [2.75, 3.05) is 25.2 Å². The normalized spacial score (nSPS) is 33.1. The van der Waals surface area contributed by atoms with Gasteiger partial charge in [0.2, 0.25) is 0 Å². The molecular weight excluding hydrogens is 242 g/mol. The summed E-state index contributed by atoms with van der Waals surface area (Å²) in [5, 5.41) is 3.50. The van der Waals surface area contributed by atoms with Gasteiger partial charge in [-0.1, -0.05) is 30.3 Å². The van der Waals surface area contributed by atoms with Gasteiger partial charge in [-0.2, -0.15) is 11.8 Å². The Bertz CT molecular complexity index is 377. The fraction of sp³-hybridized carbons (Fsp3) is 0.600. The number of nitrogens with one attached hydrogen (secondary N) is 1. The van der Waals surface area contributed by atoms with Crippen LogP contribution in [0, 0.1) is 5.92 Å². The number of hydrogen-bond donors (Lipinski definition) is 1. The molecule has 98 valence electrons. The Hall–Kier alpha value is -0.510. The van der Waals surface area contributed by atoms with Crippen LogP contribution in [0.5, 0.6) is 0 Å². The number of thioether (sulfide) groups is 1. The summed E-state index contributed by atoms with van der Waals surface area (Å²) in [4.78, 5) is 0. The Balaban J connectivity index is 1.64. The van der Waals surface area contributed by atoms with Gasteiger partial charge >= 0.3 is 0 Å². The van der Waals surface area contributed by atoms with Crippen LogP contribution < -0.4 is 5.32 Å². The molecule has 3 rings (SSSR count). The van der Waals surface area contributed by atoms with E-state index in [0.29, 0.717) is 12.1 Å². The summed E-state index contributed by atoms with van der Waals surface area (Å²) in [5.74, 6) is 3.78. The maximum Gasteiger partial charge on any atom is 0.0821 e. The van der Waals surface area contributed by atoms with Crippen LogP contribution in [0.4, 0.5) is 0 Å². The van der Waals surface area contributed by atoms with Gasteiger partial charge in [0.05, 0.1) is 12.7 Å². The molecule has 0 radical (unpaired) electrons. The molecule has 1 saturated carbocycles. The van der Waals surface area contributed by atoms with Crippen molar-refractivity contribution in [3.8, 4) is 0 Å². The molecule has 1 heterocycles. The first-order valence-corrected chi connectivity index (χ1v) is 7.97. The molecule has 1 aromatic carbocycles. The molecule has 18 heavy (non-hydrogen) atoms. The Morgan fingerprint density at radius 2 is 2.17 bits per heavy atom.